The van der Waals surface area contributed by atoms with Crippen LogP contribution in [0.5, 0.6) is 0 Å². The third-order valence-electron chi connectivity index (χ3n) is 3.01. The van der Waals surface area contributed by atoms with Crippen molar-refractivity contribution in [1.29, 1.82) is 0 Å². The number of aromatic nitrogens is 1. The Morgan fingerprint density at radius 3 is 2.88 bits per heavy atom. The smallest absolute Gasteiger partial charge is 0.262 e. The number of halogens is 1. The van der Waals surface area contributed by atoms with Gasteiger partial charge in [-0.25, -0.2) is 0 Å². The molecular weight excluding hydrogens is 274 g/mol. The summed E-state index contributed by atoms with van der Waals surface area (Å²) in [6.07, 6.45) is 5.33. The number of H-pyrrole nitrogens is 1. The zero-order valence-corrected chi connectivity index (χ0v) is 10.0. The third kappa shape index (κ3) is 1.46. The molecule has 5 heteroatoms. The van der Waals surface area contributed by atoms with Crippen LogP contribution < -0.4 is 5.56 Å². The third-order valence-corrected chi connectivity index (χ3v) is 3.60. The monoisotopic (exact) mass is 283 g/mol. The summed E-state index contributed by atoms with van der Waals surface area (Å²) in [5, 5.41) is 0. The van der Waals surface area contributed by atoms with Crippen molar-refractivity contribution >= 4 is 15.9 Å². The lowest BCUT2D eigenvalue weighted by Crippen LogP contribution is -2.38. The van der Waals surface area contributed by atoms with Crippen LogP contribution in [0.15, 0.2) is 27.9 Å². The molecule has 2 aliphatic rings. The van der Waals surface area contributed by atoms with E-state index in [0.717, 1.165) is 24.1 Å². The van der Waals surface area contributed by atoms with E-state index in [-0.39, 0.29) is 5.56 Å². The van der Waals surface area contributed by atoms with Crippen molar-refractivity contribution in [1.82, 2.24) is 4.98 Å². The number of rotatable bonds is 0. The second-order valence-corrected chi connectivity index (χ2v) is 4.90. The molecule has 16 heavy (non-hydrogen) atoms. The SMILES string of the molecule is O=c1[nH]c2c(cc1Br)CC1(CC2)OC=CO1. The first-order valence-corrected chi connectivity index (χ1v) is 5.89. The summed E-state index contributed by atoms with van der Waals surface area (Å²) < 4.78 is 11.5. The average molecular weight is 284 g/mol. The molecule has 0 unspecified atom stereocenters. The first-order valence-electron chi connectivity index (χ1n) is 5.10. The summed E-state index contributed by atoms with van der Waals surface area (Å²) in [5.41, 5.74) is 1.97. The Bertz CT molecular complexity index is 512. The minimum Gasteiger partial charge on any atom is -0.456 e. The van der Waals surface area contributed by atoms with Crippen LogP contribution in [0.25, 0.3) is 0 Å². The summed E-state index contributed by atoms with van der Waals surface area (Å²) in [5.74, 6) is -0.551. The van der Waals surface area contributed by atoms with Gasteiger partial charge in [0.2, 0.25) is 0 Å². The molecule has 0 radical (unpaired) electrons. The van der Waals surface area contributed by atoms with Crippen LogP contribution >= 0.6 is 15.9 Å². The van der Waals surface area contributed by atoms with Gasteiger partial charge in [0.05, 0.1) is 10.9 Å². The maximum Gasteiger partial charge on any atom is 0.262 e. The van der Waals surface area contributed by atoms with Gasteiger partial charge < -0.3 is 14.5 Å². The Balaban J connectivity index is 2.00. The number of nitrogens with one attached hydrogen (secondary N) is 1. The standard InChI is InChI=1S/C11H10BrNO3/c12-8-5-7-6-11(15-3-4-16-11)2-1-9(7)13-10(8)14/h3-5H,1-2,6H2,(H,13,14). The summed E-state index contributed by atoms with van der Waals surface area (Å²) in [4.78, 5) is 14.3. The normalized spacial score (nSPS) is 20.3. The molecule has 2 heterocycles. The molecule has 0 fully saturated rings. The number of ether oxygens (including phenoxy) is 2. The van der Waals surface area contributed by atoms with Crippen molar-refractivity contribution in [3.63, 3.8) is 0 Å². The lowest BCUT2D eigenvalue weighted by molar-refractivity contribution is -0.148. The second-order valence-electron chi connectivity index (χ2n) is 4.05. The van der Waals surface area contributed by atoms with Crippen LogP contribution in [0.4, 0.5) is 0 Å². The Hall–Kier alpha value is -1.23. The van der Waals surface area contributed by atoms with Crippen molar-refractivity contribution < 1.29 is 9.47 Å². The molecule has 0 saturated heterocycles. The van der Waals surface area contributed by atoms with E-state index in [4.69, 9.17) is 9.47 Å². The minimum atomic E-state index is -0.551. The maximum atomic E-state index is 11.4. The van der Waals surface area contributed by atoms with Crippen LogP contribution in [-0.4, -0.2) is 10.8 Å². The molecule has 0 atom stereocenters. The fraction of sp³-hybridized carbons (Fsp3) is 0.364. The number of pyridine rings is 1. The summed E-state index contributed by atoms with van der Waals surface area (Å²) in [7, 11) is 0. The first kappa shape index (κ1) is 9.96. The van der Waals surface area contributed by atoms with Gasteiger partial charge in [-0.15, -0.1) is 0 Å². The van der Waals surface area contributed by atoms with Gasteiger partial charge in [0.15, 0.2) is 0 Å². The lowest BCUT2D eigenvalue weighted by Gasteiger charge is -2.32. The highest BCUT2D eigenvalue weighted by Gasteiger charge is 2.39. The molecule has 0 amide bonds. The molecule has 0 aromatic carbocycles. The van der Waals surface area contributed by atoms with E-state index in [1.54, 1.807) is 12.5 Å². The van der Waals surface area contributed by atoms with E-state index in [9.17, 15) is 4.79 Å². The number of fused-ring (bicyclic) bond motifs is 1. The second kappa shape index (κ2) is 3.38. The topological polar surface area (TPSA) is 51.3 Å². The number of hydrogen-bond donors (Lipinski definition) is 1. The number of aromatic amines is 1. The van der Waals surface area contributed by atoms with Gasteiger partial charge in [-0.1, -0.05) is 0 Å². The van der Waals surface area contributed by atoms with Crippen molar-refractivity contribution in [2.45, 2.75) is 25.0 Å². The highest BCUT2D eigenvalue weighted by Crippen LogP contribution is 2.35. The quantitative estimate of drug-likeness (QED) is 0.791. The molecule has 1 N–H and O–H groups in total. The predicted molar refractivity (Wildman–Crippen MR) is 60.8 cm³/mol. The van der Waals surface area contributed by atoms with E-state index in [2.05, 4.69) is 20.9 Å². The molecule has 1 aromatic rings. The Labute approximate surface area is 100 Å². The average Bonchev–Trinajstić information content (AvgIpc) is 2.69. The highest BCUT2D eigenvalue weighted by atomic mass is 79.9. The maximum absolute atomic E-state index is 11.4. The minimum absolute atomic E-state index is 0.0823. The molecule has 1 aliphatic heterocycles. The molecule has 1 spiro atoms. The molecule has 0 saturated carbocycles. The van der Waals surface area contributed by atoms with E-state index in [0.29, 0.717) is 10.9 Å². The number of hydrogen-bond acceptors (Lipinski definition) is 3. The summed E-state index contributed by atoms with van der Waals surface area (Å²) in [6.45, 7) is 0. The largest absolute Gasteiger partial charge is 0.456 e. The summed E-state index contributed by atoms with van der Waals surface area (Å²) >= 11 is 3.23. The van der Waals surface area contributed by atoms with Crippen molar-refractivity contribution in [2.24, 2.45) is 0 Å². The van der Waals surface area contributed by atoms with Crippen LogP contribution in [-0.2, 0) is 22.3 Å². The van der Waals surface area contributed by atoms with E-state index in [1.165, 1.54) is 0 Å². The molecule has 3 rings (SSSR count). The Morgan fingerprint density at radius 2 is 2.12 bits per heavy atom. The van der Waals surface area contributed by atoms with Crippen LogP contribution in [0, 0.1) is 0 Å². The Morgan fingerprint density at radius 1 is 1.38 bits per heavy atom. The predicted octanol–water partition coefficient (Wildman–Crippen LogP) is 1.84. The molecule has 0 bridgehead atoms. The van der Waals surface area contributed by atoms with Crippen LogP contribution in [0.3, 0.4) is 0 Å². The highest BCUT2D eigenvalue weighted by molar-refractivity contribution is 9.10. The van der Waals surface area contributed by atoms with Crippen LogP contribution in [0.1, 0.15) is 17.7 Å². The first-order chi connectivity index (χ1) is 7.69. The van der Waals surface area contributed by atoms with E-state index < -0.39 is 5.79 Å². The van der Waals surface area contributed by atoms with Crippen molar-refractivity contribution in [2.75, 3.05) is 0 Å². The van der Waals surface area contributed by atoms with Crippen LogP contribution in [0.2, 0.25) is 0 Å². The van der Waals surface area contributed by atoms with Gasteiger partial charge in [0.1, 0.15) is 12.5 Å². The zero-order valence-electron chi connectivity index (χ0n) is 8.46. The summed E-state index contributed by atoms with van der Waals surface area (Å²) in [6, 6.07) is 1.85. The fourth-order valence-electron chi connectivity index (χ4n) is 2.19. The van der Waals surface area contributed by atoms with E-state index in [1.807, 2.05) is 6.07 Å². The molecule has 1 aliphatic carbocycles. The van der Waals surface area contributed by atoms with E-state index >= 15 is 0 Å². The van der Waals surface area contributed by atoms with Gasteiger partial charge in [0, 0.05) is 12.1 Å². The molecular formula is C11H10BrNO3. The molecule has 84 valence electrons. The van der Waals surface area contributed by atoms with Gasteiger partial charge >= 0.3 is 0 Å². The molecule has 1 aromatic heterocycles. The Kier molecular flexibility index (Phi) is 2.10. The van der Waals surface area contributed by atoms with Crippen molar-refractivity contribution in [3.8, 4) is 0 Å². The van der Waals surface area contributed by atoms with Crippen molar-refractivity contribution in [3.05, 3.63) is 44.7 Å². The van der Waals surface area contributed by atoms with Gasteiger partial charge in [-0.05, 0) is 34.0 Å². The van der Waals surface area contributed by atoms with Gasteiger partial charge in [-0.3, -0.25) is 4.79 Å². The fourth-order valence-corrected chi connectivity index (χ4v) is 2.57. The zero-order chi connectivity index (χ0) is 11.2. The lowest BCUT2D eigenvalue weighted by atomic mass is 9.91. The number of aryl methyl sites for hydroxylation is 1. The van der Waals surface area contributed by atoms with Gasteiger partial charge in [0.25, 0.3) is 11.3 Å². The van der Waals surface area contributed by atoms with Gasteiger partial charge in [-0.2, -0.15) is 0 Å². The molecule has 4 nitrogen and oxygen atoms in total.